The maximum Gasteiger partial charge on any atom is -0.0438 e. The molecule has 0 N–H and O–H groups in total. The Labute approximate surface area is 78.1 Å². The van der Waals surface area contributed by atoms with Gasteiger partial charge in [-0.25, -0.2) is 0 Å². The third-order valence-electron chi connectivity index (χ3n) is 2.61. The summed E-state index contributed by atoms with van der Waals surface area (Å²) < 4.78 is 0. The minimum atomic E-state index is 1.04. The van der Waals surface area contributed by atoms with Gasteiger partial charge in [0.25, 0.3) is 0 Å². The summed E-state index contributed by atoms with van der Waals surface area (Å²) >= 11 is 0. The summed E-state index contributed by atoms with van der Waals surface area (Å²) in [6, 6.07) is 0. The first-order chi connectivity index (χ1) is 5.43. The van der Waals surface area contributed by atoms with E-state index in [1.165, 1.54) is 24.0 Å². The van der Waals surface area contributed by atoms with Gasteiger partial charge in [-0.15, -0.1) is 0 Å². The van der Waals surface area contributed by atoms with Gasteiger partial charge in [0.1, 0.15) is 0 Å². The Kier molecular flexibility index (Phi) is 5.28. The van der Waals surface area contributed by atoms with E-state index in [1.807, 2.05) is 0 Å². The zero-order chi connectivity index (χ0) is 9.72. The molecule has 0 unspecified atom stereocenters. The summed E-state index contributed by atoms with van der Waals surface area (Å²) in [6.07, 6.45) is 2.94. The van der Waals surface area contributed by atoms with Crippen molar-refractivity contribution in [2.24, 2.45) is 11.8 Å². The van der Waals surface area contributed by atoms with Crippen molar-refractivity contribution in [1.29, 1.82) is 0 Å². The summed E-state index contributed by atoms with van der Waals surface area (Å²) in [6.45, 7) is 13.1. The van der Waals surface area contributed by atoms with E-state index in [4.69, 9.17) is 0 Å². The van der Waals surface area contributed by atoms with Gasteiger partial charge in [0.05, 0.1) is 0 Å². The van der Waals surface area contributed by atoms with E-state index in [2.05, 4.69) is 41.5 Å². The molecular weight excluding hydrogens is 144 g/mol. The van der Waals surface area contributed by atoms with E-state index in [1.54, 1.807) is 0 Å². The van der Waals surface area contributed by atoms with E-state index in [0.29, 0.717) is 0 Å². The molecule has 0 saturated heterocycles. The molecule has 0 spiro atoms. The highest BCUT2D eigenvalue weighted by Crippen LogP contribution is 2.31. The monoisotopic (exact) mass is 168 g/mol. The summed E-state index contributed by atoms with van der Waals surface area (Å²) in [5, 5.41) is 0. The SMILES string of the molecule is CC(C)=C(C)C.CC1CC(C)C1. The van der Waals surface area contributed by atoms with E-state index in [-0.39, 0.29) is 0 Å². The Balaban J connectivity index is 0.000000202. The van der Waals surface area contributed by atoms with Crippen LogP contribution in [0.25, 0.3) is 0 Å². The second kappa shape index (κ2) is 5.40. The second-order valence-corrected chi connectivity index (χ2v) is 4.68. The minimum Gasteiger partial charge on any atom is -0.0778 e. The molecule has 0 heteroatoms. The second-order valence-electron chi connectivity index (χ2n) is 4.68. The summed E-state index contributed by atoms with van der Waals surface area (Å²) in [7, 11) is 0. The third-order valence-corrected chi connectivity index (χ3v) is 2.61. The molecule has 0 atom stereocenters. The normalized spacial score (nSPS) is 26.5. The Morgan fingerprint density at radius 2 is 1.00 bits per heavy atom. The van der Waals surface area contributed by atoms with Crippen LogP contribution in [-0.2, 0) is 0 Å². The predicted molar refractivity (Wildman–Crippen MR) is 57.3 cm³/mol. The van der Waals surface area contributed by atoms with Gasteiger partial charge in [-0.1, -0.05) is 25.0 Å². The molecular formula is C12H24. The minimum absolute atomic E-state index is 1.04. The Bertz CT molecular complexity index is 123. The zero-order valence-electron chi connectivity index (χ0n) is 9.57. The smallest absolute Gasteiger partial charge is 0.0438 e. The highest BCUT2D eigenvalue weighted by atomic mass is 14.2. The van der Waals surface area contributed by atoms with Crippen LogP contribution in [0.4, 0.5) is 0 Å². The number of rotatable bonds is 0. The lowest BCUT2D eigenvalue weighted by atomic mass is 9.78. The van der Waals surface area contributed by atoms with Crippen LogP contribution in [0.3, 0.4) is 0 Å². The van der Waals surface area contributed by atoms with Gasteiger partial charge in [0.2, 0.25) is 0 Å². The molecule has 1 saturated carbocycles. The van der Waals surface area contributed by atoms with Gasteiger partial charge in [-0.05, 0) is 52.4 Å². The van der Waals surface area contributed by atoms with Crippen LogP contribution in [0.2, 0.25) is 0 Å². The van der Waals surface area contributed by atoms with Crippen LogP contribution >= 0.6 is 0 Å². The van der Waals surface area contributed by atoms with Crippen molar-refractivity contribution in [3.05, 3.63) is 11.1 Å². The van der Waals surface area contributed by atoms with Gasteiger partial charge < -0.3 is 0 Å². The van der Waals surface area contributed by atoms with Crippen molar-refractivity contribution in [3.8, 4) is 0 Å². The van der Waals surface area contributed by atoms with Gasteiger partial charge >= 0.3 is 0 Å². The van der Waals surface area contributed by atoms with Crippen LogP contribution in [0.1, 0.15) is 54.4 Å². The third kappa shape index (κ3) is 5.40. The number of hydrogen-bond acceptors (Lipinski definition) is 0. The number of hydrogen-bond donors (Lipinski definition) is 0. The quantitative estimate of drug-likeness (QED) is 0.470. The molecule has 0 amide bonds. The van der Waals surface area contributed by atoms with E-state index in [0.717, 1.165) is 11.8 Å². The molecule has 0 nitrogen and oxygen atoms in total. The molecule has 0 bridgehead atoms. The molecule has 1 fully saturated rings. The first-order valence-corrected chi connectivity index (χ1v) is 5.04. The van der Waals surface area contributed by atoms with Gasteiger partial charge in [-0.2, -0.15) is 0 Å². The van der Waals surface area contributed by atoms with Crippen molar-refractivity contribution < 1.29 is 0 Å². The average Bonchev–Trinajstić information content (AvgIpc) is 1.86. The van der Waals surface area contributed by atoms with Crippen LogP contribution in [-0.4, -0.2) is 0 Å². The topological polar surface area (TPSA) is 0 Å². The molecule has 1 aliphatic carbocycles. The molecule has 1 aliphatic rings. The van der Waals surface area contributed by atoms with E-state index >= 15 is 0 Å². The molecule has 0 aromatic carbocycles. The highest BCUT2D eigenvalue weighted by Gasteiger charge is 2.19. The number of allylic oxidation sites excluding steroid dienone is 2. The van der Waals surface area contributed by atoms with Gasteiger partial charge in [0, 0.05) is 0 Å². The molecule has 0 radical (unpaired) electrons. The Hall–Kier alpha value is -0.260. The maximum atomic E-state index is 2.32. The van der Waals surface area contributed by atoms with Crippen LogP contribution in [0.5, 0.6) is 0 Å². The standard InChI is InChI=1S/2C6H12/c1-5-3-6(2)4-5;1-5(2)6(3)4/h5-6H,3-4H2,1-2H3;1-4H3. The summed E-state index contributed by atoms with van der Waals surface area (Å²) in [4.78, 5) is 0. The van der Waals surface area contributed by atoms with Gasteiger partial charge in [0.15, 0.2) is 0 Å². The van der Waals surface area contributed by atoms with Gasteiger partial charge in [-0.3, -0.25) is 0 Å². The van der Waals surface area contributed by atoms with Crippen molar-refractivity contribution in [1.82, 2.24) is 0 Å². The van der Waals surface area contributed by atoms with E-state index in [9.17, 15) is 0 Å². The largest absolute Gasteiger partial charge is 0.0778 e. The molecule has 12 heavy (non-hydrogen) atoms. The zero-order valence-corrected chi connectivity index (χ0v) is 9.57. The Morgan fingerprint density at radius 1 is 0.750 bits per heavy atom. The van der Waals surface area contributed by atoms with Crippen molar-refractivity contribution in [2.45, 2.75) is 54.4 Å². The molecule has 72 valence electrons. The van der Waals surface area contributed by atoms with Crippen molar-refractivity contribution in [3.63, 3.8) is 0 Å². The fourth-order valence-corrected chi connectivity index (χ4v) is 1.30. The molecule has 0 aliphatic heterocycles. The lowest BCUT2D eigenvalue weighted by molar-refractivity contribution is 0.233. The predicted octanol–water partition coefficient (Wildman–Crippen LogP) is 4.42. The highest BCUT2D eigenvalue weighted by molar-refractivity contribution is 5.02. The lowest BCUT2D eigenvalue weighted by Crippen LogP contribution is -2.16. The lowest BCUT2D eigenvalue weighted by Gasteiger charge is -2.28. The van der Waals surface area contributed by atoms with Crippen molar-refractivity contribution >= 4 is 0 Å². The van der Waals surface area contributed by atoms with Crippen LogP contribution < -0.4 is 0 Å². The Morgan fingerprint density at radius 3 is 1.00 bits per heavy atom. The maximum absolute atomic E-state index is 2.32. The first-order valence-electron chi connectivity index (χ1n) is 5.04. The van der Waals surface area contributed by atoms with E-state index < -0.39 is 0 Å². The first kappa shape index (κ1) is 11.7. The molecule has 0 heterocycles. The fraction of sp³-hybridized carbons (Fsp3) is 0.833. The van der Waals surface area contributed by atoms with Crippen molar-refractivity contribution in [2.75, 3.05) is 0 Å². The molecule has 1 rings (SSSR count). The summed E-state index contributed by atoms with van der Waals surface area (Å²) in [5.41, 5.74) is 2.85. The van der Waals surface area contributed by atoms with Crippen LogP contribution in [0.15, 0.2) is 11.1 Å². The average molecular weight is 168 g/mol. The summed E-state index contributed by atoms with van der Waals surface area (Å²) in [5.74, 6) is 2.08. The molecule has 0 aromatic heterocycles. The van der Waals surface area contributed by atoms with Crippen LogP contribution in [0, 0.1) is 11.8 Å². The fourth-order valence-electron chi connectivity index (χ4n) is 1.30. The molecule has 0 aromatic rings.